The molecule has 104 valence electrons. The quantitative estimate of drug-likeness (QED) is 0.636. The summed E-state index contributed by atoms with van der Waals surface area (Å²) in [7, 11) is 0. The van der Waals surface area contributed by atoms with Crippen LogP contribution in [0.15, 0.2) is 35.7 Å². The zero-order valence-electron chi connectivity index (χ0n) is 11.5. The lowest BCUT2D eigenvalue weighted by molar-refractivity contribution is -0.116. The minimum Gasteiger partial charge on any atom is -0.424 e. The molecule has 0 unspecified atom stereocenters. The molecule has 2 aliphatic rings. The van der Waals surface area contributed by atoms with Crippen molar-refractivity contribution in [3.63, 3.8) is 0 Å². The van der Waals surface area contributed by atoms with Crippen molar-refractivity contribution in [1.29, 1.82) is 0 Å². The Morgan fingerprint density at radius 3 is 2.85 bits per heavy atom. The maximum absolute atomic E-state index is 12.0. The second kappa shape index (κ2) is 4.90. The Bertz CT molecular complexity index is 624. The molecular weight excluding hydrogens is 272 g/mol. The summed E-state index contributed by atoms with van der Waals surface area (Å²) >= 11 is 4.93. The predicted molar refractivity (Wildman–Crippen MR) is 81.2 cm³/mol. The number of fused-ring (bicyclic) bond motifs is 1. The van der Waals surface area contributed by atoms with E-state index in [-0.39, 0.29) is 17.0 Å². The molecule has 2 aliphatic heterocycles. The number of hydrogen-bond acceptors (Lipinski definition) is 4. The average Bonchev–Trinajstić information content (AvgIpc) is 2.75. The zero-order valence-corrected chi connectivity index (χ0v) is 12.3. The third kappa shape index (κ3) is 1.98. The van der Waals surface area contributed by atoms with Crippen molar-refractivity contribution >= 4 is 29.0 Å². The number of nitrogens with one attached hydrogen (secondary N) is 1. The lowest BCUT2D eigenvalue weighted by atomic mass is 9.90. The summed E-state index contributed by atoms with van der Waals surface area (Å²) in [5.74, 6) is 0.319. The van der Waals surface area contributed by atoms with Gasteiger partial charge in [0.25, 0.3) is 11.1 Å². The highest BCUT2D eigenvalue weighted by molar-refractivity contribution is 7.80. The van der Waals surface area contributed by atoms with Crippen LogP contribution >= 0.6 is 12.2 Å². The molecule has 1 amide bonds. The van der Waals surface area contributed by atoms with Crippen LogP contribution in [0.3, 0.4) is 0 Å². The van der Waals surface area contributed by atoms with Gasteiger partial charge in [-0.1, -0.05) is 25.1 Å². The fraction of sp³-hybridized carbons (Fsp3) is 0.333. The van der Waals surface area contributed by atoms with E-state index < -0.39 is 0 Å². The summed E-state index contributed by atoms with van der Waals surface area (Å²) in [4.78, 5) is 14.1. The second-order valence-electron chi connectivity index (χ2n) is 5.04. The van der Waals surface area contributed by atoms with Gasteiger partial charge in [0.1, 0.15) is 0 Å². The highest BCUT2D eigenvalue weighted by Crippen LogP contribution is 2.38. The number of anilines is 1. The van der Waals surface area contributed by atoms with Crippen LogP contribution in [0.2, 0.25) is 0 Å². The number of thiocarbonyl (C=S) groups is 1. The molecule has 1 fully saturated rings. The van der Waals surface area contributed by atoms with Crippen LogP contribution in [-0.4, -0.2) is 17.6 Å². The van der Waals surface area contributed by atoms with Gasteiger partial charge in [0.2, 0.25) is 5.76 Å². The lowest BCUT2D eigenvalue weighted by Gasteiger charge is -2.36. The largest absolute Gasteiger partial charge is 0.424 e. The molecule has 1 aromatic carbocycles. The third-order valence-corrected chi connectivity index (χ3v) is 3.92. The number of amides is 1. The third-order valence-electron chi connectivity index (χ3n) is 3.73. The molecule has 1 N–H and O–H groups in total. The molecule has 5 heteroatoms. The number of nitrogens with zero attached hydrogens (tertiary/aromatic N) is 1. The number of hydrogen-bond donors (Lipinski definition) is 1. The first-order valence-electron chi connectivity index (χ1n) is 6.74. The van der Waals surface area contributed by atoms with E-state index in [1.807, 2.05) is 12.1 Å². The zero-order chi connectivity index (χ0) is 14.3. The molecule has 20 heavy (non-hydrogen) atoms. The molecule has 4 nitrogen and oxygen atoms in total. The highest BCUT2D eigenvalue weighted by atomic mass is 32.1. The van der Waals surface area contributed by atoms with Gasteiger partial charge in [-0.15, -0.1) is 0 Å². The first-order chi connectivity index (χ1) is 9.61. The molecule has 0 spiro atoms. The van der Waals surface area contributed by atoms with Crippen molar-refractivity contribution in [2.24, 2.45) is 5.92 Å². The summed E-state index contributed by atoms with van der Waals surface area (Å²) in [6.45, 7) is 4.96. The summed E-state index contributed by atoms with van der Waals surface area (Å²) in [6.07, 6.45) is 0.898. The van der Waals surface area contributed by atoms with Crippen molar-refractivity contribution in [1.82, 2.24) is 5.32 Å². The number of carbonyl (C=O) groups is 1. The molecule has 0 bridgehead atoms. The van der Waals surface area contributed by atoms with E-state index in [1.54, 1.807) is 0 Å². The fourth-order valence-corrected chi connectivity index (χ4v) is 3.11. The topological polar surface area (TPSA) is 41.6 Å². The molecule has 0 aliphatic carbocycles. The number of para-hydroxylation sites is 1. The monoisotopic (exact) mass is 288 g/mol. The Morgan fingerprint density at radius 2 is 2.20 bits per heavy atom. The van der Waals surface area contributed by atoms with Crippen LogP contribution in [0.4, 0.5) is 5.69 Å². The van der Waals surface area contributed by atoms with E-state index in [2.05, 4.69) is 36.2 Å². The number of allylic oxidation sites excluding steroid dienone is 1. The summed E-state index contributed by atoms with van der Waals surface area (Å²) < 4.78 is 5.44. The molecule has 0 aromatic heterocycles. The summed E-state index contributed by atoms with van der Waals surface area (Å²) in [5, 5.41) is 2.68. The van der Waals surface area contributed by atoms with E-state index >= 15 is 0 Å². The van der Waals surface area contributed by atoms with Crippen LogP contribution in [0.25, 0.3) is 0 Å². The fourth-order valence-electron chi connectivity index (χ4n) is 2.94. The predicted octanol–water partition coefficient (Wildman–Crippen LogP) is 2.35. The van der Waals surface area contributed by atoms with Gasteiger partial charge in [0.15, 0.2) is 0 Å². The van der Waals surface area contributed by atoms with Gasteiger partial charge in [-0.3, -0.25) is 10.1 Å². The van der Waals surface area contributed by atoms with E-state index in [4.69, 9.17) is 17.0 Å². The average molecular weight is 288 g/mol. The maximum Gasteiger partial charge on any atom is 0.296 e. The first-order valence-corrected chi connectivity index (χ1v) is 7.15. The Hall–Kier alpha value is -1.88. The van der Waals surface area contributed by atoms with Gasteiger partial charge in [0, 0.05) is 18.2 Å². The van der Waals surface area contributed by atoms with Gasteiger partial charge in [-0.25, -0.2) is 0 Å². The van der Waals surface area contributed by atoms with Gasteiger partial charge >= 0.3 is 0 Å². The molecule has 0 saturated carbocycles. The number of rotatable bonds is 1. The van der Waals surface area contributed by atoms with E-state index in [1.165, 1.54) is 5.56 Å². The number of carbonyl (C=O) groups excluding carboxylic acids is 1. The van der Waals surface area contributed by atoms with Crippen molar-refractivity contribution in [3.8, 4) is 0 Å². The number of ether oxygens (including phenoxy) is 1. The van der Waals surface area contributed by atoms with Crippen molar-refractivity contribution in [3.05, 3.63) is 41.3 Å². The SMILES string of the molecule is CCN1/C(=C2\OC(=S)NC2=O)[C@H](C)Cc2ccccc21. The Kier molecular flexibility index (Phi) is 3.22. The van der Waals surface area contributed by atoms with Crippen molar-refractivity contribution < 1.29 is 9.53 Å². The summed E-state index contributed by atoms with van der Waals surface area (Å²) in [5.41, 5.74) is 3.36. The Balaban J connectivity index is 2.14. The molecule has 3 rings (SSSR count). The Morgan fingerprint density at radius 1 is 1.45 bits per heavy atom. The first kappa shape index (κ1) is 13.1. The molecule has 2 heterocycles. The molecule has 1 aromatic rings. The standard InChI is InChI=1S/C15H16N2O2S/c1-3-17-11-7-5-4-6-10(11)8-9(2)12(17)13-14(18)16-15(20)19-13/h4-7,9H,3,8H2,1-2H3,(H,16,18,20)/b13-12-/t9-/m1/s1. The minimum absolute atomic E-state index is 0.139. The van der Waals surface area contributed by atoms with Gasteiger partial charge in [-0.05, 0) is 37.2 Å². The van der Waals surface area contributed by atoms with Crippen LogP contribution < -0.4 is 10.2 Å². The smallest absolute Gasteiger partial charge is 0.296 e. The molecular formula is C15H16N2O2S. The summed E-state index contributed by atoms with van der Waals surface area (Å²) in [6, 6.07) is 8.28. The normalized spacial score (nSPS) is 25.3. The molecule has 1 atom stereocenters. The van der Waals surface area contributed by atoms with E-state index in [9.17, 15) is 4.79 Å². The number of benzene rings is 1. The van der Waals surface area contributed by atoms with E-state index in [0.29, 0.717) is 5.76 Å². The minimum atomic E-state index is -0.241. The van der Waals surface area contributed by atoms with Crippen LogP contribution in [0.5, 0.6) is 0 Å². The molecule has 1 saturated heterocycles. The maximum atomic E-state index is 12.0. The Labute approximate surface area is 123 Å². The van der Waals surface area contributed by atoms with E-state index in [0.717, 1.165) is 24.4 Å². The van der Waals surface area contributed by atoms with Crippen LogP contribution in [0, 0.1) is 5.92 Å². The van der Waals surface area contributed by atoms with Gasteiger partial charge in [-0.2, -0.15) is 0 Å². The lowest BCUT2D eigenvalue weighted by Crippen LogP contribution is -2.34. The van der Waals surface area contributed by atoms with Crippen molar-refractivity contribution in [2.45, 2.75) is 20.3 Å². The molecule has 0 radical (unpaired) electrons. The van der Waals surface area contributed by atoms with Crippen LogP contribution in [-0.2, 0) is 16.0 Å². The second-order valence-corrected chi connectivity index (χ2v) is 5.41. The van der Waals surface area contributed by atoms with Gasteiger partial charge < -0.3 is 9.64 Å². The van der Waals surface area contributed by atoms with Crippen molar-refractivity contribution in [2.75, 3.05) is 11.4 Å². The van der Waals surface area contributed by atoms with Crippen LogP contribution in [0.1, 0.15) is 19.4 Å². The van der Waals surface area contributed by atoms with Gasteiger partial charge in [0.05, 0.1) is 5.70 Å². The highest BCUT2D eigenvalue weighted by Gasteiger charge is 2.35.